The van der Waals surface area contributed by atoms with E-state index in [0.29, 0.717) is 18.7 Å². The van der Waals surface area contributed by atoms with Crippen molar-refractivity contribution in [2.75, 3.05) is 11.9 Å². The maximum Gasteiger partial charge on any atom is 0.311 e. The predicted molar refractivity (Wildman–Crippen MR) is 91.7 cm³/mol. The summed E-state index contributed by atoms with van der Waals surface area (Å²) in [5, 5.41) is 15.6. The van der Waals surface area contributed by atoms with Crippen molar-refractivity contribution in [1.29, 1.82) is 0 Å². The van der Waals surface area contributed by atoms with Crippen LogP contribution >= 0.6 is 11.3 Å². The summed E-state index contributed by atoms with van der Waals surface area (Å²) < 4.78 is 14.2. The molecule has 1 atom stereocenters. The molecule has 23 heavy (non-hydrogen) atoms. The Morgan fingerprint density at radius 3 is 2.83 bits per heavy atom. The number of carboxylic acids is 1. The molecule has 118 valence electrons. The fourth-order valence-electron chi connectivity index (χ4n) is 2.64. The smallest absolute Gasteiger partial charge is 0.311 e. The standard InChI is InChI=1S/C18H16FNO2S/c19-12-4-3-5-13(10-12)20-9-8-15(18(21)22)16-11-23-17-7-2-1-6-14(16)17/h1-7,10-11,15,20H,8-9H2,(H,21,22). The Morgan fingerprint density at radius 2 is 2.04 bits per heavy atom. The molecule has 0 spiro atoms. The number of carbonyl (C=O) groups is 1. The van der Waals surface area contributed by atoms with Crippen LogP contribution in [0.15, 0.2) is 53.9 Å². The largest absolute Gasteiger partial charge is 0.481 e. The quantitative estimate of drug-likeness (QED) is 0.688. The van der Waals surface area contributed by atoms with Gasteiger partial charge in [-0.05, 0) is 47.0 Å². The molecule has 0 fully saturated rings. The third-order valence-corrected chi connectivity index (χ3v) is 4.75. The van der Waals surface area contributed by atoms with Crippen molar-refractivity contribution in [2.45, 2.75) is 12.3 Å². The topological polar surface area (TPSA) is 49.3 Å². The summed E-state index contributed by atoms with van der Waals surface area (Å²) in [6, 6.07) is 14.0. The Kier molecular flexibility index (Phi) is 4.57. The van der Waals surface area contributed by atoms with Crippen LogP contribution in [0, 0.1) is 5.82 Å². The summed E-state index contributed by atoms with van der Waals surface area (Å²) in [6.45, 7) is 0.463. The fraction of sp³-hybridized carbons (Fsp3) is 0.167. The van der Waals surface area contributed by atoms with Crippen molar-refractivity contribution in [2.24, 2.45) is 0 Å². The lowest BCUT2D eigenvalue weighted by atomic mass is 9.95. The van der Waals surface area contributed by atoms with Crippen LogP contribution < -0.4 is 5.32 Å². The molecule has 2 N–H and O–H groups in total. The molecule has 0 aliphatic heterocycles. The van der Waals surface area contributed by atoms with Crippen LogP contribution in [0.2, 0.25) is 0 Å². The number of benzene rings is 2. The van der Waals surface area contributed by atoms with Gasteiger partial charge in [-0.2, -0.15) is 0 Å². The number of carboxylic acid groups (broad SMARTS) is 1. The van der Waals surface area contributed by atoms with Gasteiger partial charge in [-0.1, -0.05) is 24.3 Å². The zero-order valence-electron chi connectivity index (χ0n) is 12.3. The second-order valence-corrected chi connectivity index (χ2v) is 6.22. The molecular formula is C18H16FNO2S. The molecule has 1 heterocycles. The van der Waals surface area contributed by atoms with Gasteiger partial charge >= 0.3 is 5.97 Å². The lowest BCUT2D eigenvalue weighted by Crippen LogP contribution is -2.15. The Bertz CT molecular complexity index is 831. The number of aliphatic carboxylic acids is 1. The summed E-state index contributed by atoms with van der Waals surface area (Å²) in [5.74, 6) is -1.73. The highest BCUT2D eigenvalue weighted by Crippen LogP contribution is 2.33. The lowest BCUT2D eigenvalue weighted by Gasteiger charge is -2.13. The molecule has 2 aromatic carbocycles. The first-order valence-corrected chi connectivity index (χ1v) is 8.21. The van der Waals surface area contributed by atoms with E-state index in [9.17, 15) is 14.3 Å². The Morgan fingerprint density at radius 1 is 1.22 bits per heavy atom. The molecule has 0 aliphatic rings. The van der Waals surface area contributed by atoms with Gasteiger partial charge < -0.3 is 10.4 Å². The van der Waals surface area contributed by atoms with E-state index < -0.39 is 11.9 Å². The van der Waals surface area contributed by atoms with Gasteiger partial charge in [-0.15, -0.1) is 11.3 Å². The molecular weight excluding hydrogens is 313 g/mol. The minimum Gasteiger partial charge on any atom is -0.481 e. The number of hydrogen-bond acceptors (Lipinski definition) is 3. The van der Waals surface area contributed by atoms with Crippen LogP contribution in [0.3, 0.4) is 0 Å². The predicted octanol–water partition coefficient (Wildman–Crippen LogP) is 4.71. The highest BCUT2D eigenvalue weighted by molar-refractivity contribution is 7.17. The molecule has 3 rings (SSSR count). The summed E-state index contributed by atoms with van der Waals surface area (Å²) in [5.41, 5.74) is 1.50. The minimum atomic E-state index is -0.838. The van der Waals surface area contributed by atoms with E-state index in [2.05, 4.69) is 5.32 Å². The van der Waals surface area contributed by atoms with E-state index in [1.165, 1.54) is 12.1 Å². The monoisotopic (exact) mass is 329 g/mol. The SMILES string of the molecule is O=C(O)C(CCNc1cccc(F)c1)c1csc2ccccc12. The number of anilines is 1. The van der Waals surface area contributed by atoms with Gasteiger partial charge in [-0.3, -0.25) is 4.79 Å². The zero-order valence-corrected chi connectivity index (χ0v) is 13.1. The molecule has 0 saturated heterocycles. The van der Waals surface area contributed by atoms with Crippen LogP contribution in [0.4, 0.5) is 10.1 Å². The third-order valence-electron chi connectivity index (χ3n) is 3.77. The maximum atomic E-state index is 13.1. The van der Waals surface area contributed by atoms with Gasteiger partial charge in [0.15, 0.2) is 0 Å². The van der Waals surface area contributed by atoms with E-state index >= 15 is 0 Å². The van der Waals surface area contributed by atoms with Crippen molar-refractivity contribution >= 4 is 33.1 Å². The second-order valence-electron chi connectivity index (χ2n) is 5.30. The van der Waals surface area contributed by atoms with Crippen molar-refractivity contribution in [3.63, 3.8) is 0 Å². The normalized spacial score (nSPS) is 12.2. The maximum absolute atomic E-state index is 13.1. The van der Waals surface area contributed by atoms with E-state index in [0.717, 1.165) is 15.6 Å². The van der Waals surface area contributed by atoms with Crippen LogP contribution in [-0.2, 0) is 4.79 Å². The third kappa shape index (κ3) is 3.51. The van der Waals surface area contributed by atoms with Gasteiger partial charge in [0.05, 0.1) is 5.92 Å². The van der Waals surface area contributed by atoms with E-state index in [-0.39, 0.29) is 5.82 Å². The summed E-state index contributed by atoms with van der Waals surface area (Å²) in [4.78, 5) is 11.7. The lowest BCUT2D eigenvalue weighted by molar-refractivity contribution is -0.138. The first-order chi connectivity index (χ1) is 11.1. The molecule has 5 heteroatoms. The van der Waals surface area contributed by atoms with E-state index in [4.69, 9.17) is 0 Å². The fourth-order valence-corrected chi connectivity index (χ4v) is 3.65. The number of nitrogens with one attached hydrogen (secondary N) is 1. The molecule has 0 amide bonds. The number of hydrogen-bond donors (Lipinski definition) is 2. The van der Waals surface area contributed by atoms with Crippen LogP contribution in [0.5, 0.6) is 0 Å². The van der Waals surface area contributed by atoms with E-state index in [1.54, 1.807) is 23.5 Å². The number of thiophene rings is 1. The number of fused-ring (bicyclic) bond motifs is 1. The van der Waals surface area contributed by atoms with Crippen molar-refractivity contribution in [3.05, 3.63) is 65.3 Å². The summed E-state index contributed by atoms with van der Waals surface area (Å²) in [6.07, 6.45) is 0.437. The highest BCUT2D eigenvalue weighted by Gasteiger charge is 2.22. The Labute approximate surface area is 137 Å². The van der Waals surface area contributed by atoms with E-state index in [1.807, 2.05) is 29.6 Å². The van der Waals surface area contributed by atoms with Crippen LogP contribution in [-0.4, -0.2) is 17.6 Å². The molecule has 1 aromatic heterocycles. The minimum absolute atomic E-state index is 0.311. The van der Waals surface area contributed by atoms with Crippen LogP contribution in [0.1, 0.15) is 17.9 Å². The van der Waals surface area contributed by atoms with Crippen molar-refractivity contribution < 1.29 is 14.3 Å². The average molecular weight is 329 g/mol. The zero-order chi connectivity index (χ0) is 16.2. The molecule has 3 aromatic rings. The van der Waals surface area contributed by atoms with Gasteiger partial charge in [0.1, 0.15) is 5.82 Å². The van der Waals surface area contributed by atoms with Gasteiger partial charge in [-0.25, -0.2) is 4.39 Å². The average Bonchev–Trinajstić information content (AvgIpc) is 2.95. The summed E-state index contributed by atoms with van der Waals surface area (Å²) in [7, 11) is 0. The molecule has 0 saturated carbocycles. The van der Waals surface area contributed by atoms with Gasteiger partial charge in [0.2, 0.25) is 0 Å². The van der Waals surface area contributed by atoms with Gasteiger partial charge in [0, 0.05) is 16.9 Å². The molecule has 0 bridgehead atoms. The number of halogens is 1. The molecule has 0 radical (unpaired) electrons. The van der Waals surface area contributed by atoms with Crippen molar-refractivity contribution in [1.82, 2.24) is 0 Å². The second kappa shape index (κ2) is 6.79. The first-order valence-electron chi connectivity index (χ1n) is 7.33. The molecule has 3 nitrogen and oxygen atoms in total. The summed E-state index contributed by atoms with van der Waals surface area (Å²) >= 11 is 1.56. The van der Waals surface area contributed by atoms with Crippen LogP contribution in [0.25, 0.3) is 10.1 Å². The Hall–Kier alpha value is -2.40. The Balaban J connectivity index is 1.74. The molecule has 0 aliphatic carbocycles. The number of rotatable bonds is 6. The highest BCUT2D eigenvalue weighted by atomic mass is 32.1. The van der Waals surface area contributed by atoms with Crippen molar-refractivity contribution in [3.8, 4) is 0 Å². The van der Waals surface area contributed by atoms with Gasteiger partial charge in [0.25, 0.3) is 0 Å². The first kappa shape index (κ1) is 15.5. The molecule has 1 unspecified atom stereocenters.